The third-order valence-electron chi connectivity index (χ3n) is 2.45. The van der Waals surface area contributed by atoms with Crippen molar-refractivity contribution in [3.8, 4) is 0 Å². The molecule has 0 aliphatic carbocycles. The second-order valence-corrected chi connectivity index (χ2v) is 4.15. The lowest BCUT2D eigenvalue weighted by molar-refractivity contribution is 0.653. The van der Waals surface area contributed by atoms with Crippen molar-refractivity contribution in [2.75, 3.05) is 6.54 Å². The van der Waals surface area contributed by atoms with E-state index in [0.29, 0.717) is 6.04 Å². The molecule has 0 radical (unpaired) electrons. The number of aryl methyl sites for hydroxylation is 1. The molecule has 2 rings (SSSR count). The van der Waals surface area contributed by atoms with Crippen molar-refractivity contribution in [1.82, 2.24) is 10.6 Å². The van der Waals surface area contributed by atoms with Gasteiger partial charge in [0.1, 0.15) is 0 Å². The van der Waals surface area contributed by atoms with E-state index in [1.165, 1.54) is 11.1 Å². The summed E-state index contributed by atoms with van der Waals surface area (Å²) in [6, 6.07) is 9.10. The molecule has 1 saturated heterocycles. The fraction of sp³-hybridized carbons (Fsp3) is 0.364. The summed E-state index contributed by atoms with van der Waals surface area (Å²) in [7, 11) is 0. The quantitative estimate of drug-likeness (QED) is 0.715. The number of rotatable bonds is 2. The molecule has 1 aliphatic heterocycles. The van der Waals surface area contributed by atoms with Crippen LogP contribution in [0.1, 0.15) is 11.1 Å². The zero-order valence-corrected chi connectivity index (χ0v) is 9.03. The monoisotopic (exact) mass is 206 g/mol. The lowest BCUT2D eigenvalue weighted by atomic mass is 10.1. The van der Waals surface area contributed by atoms with Gasteiger partial charge < -0.3 is 10.6 Å². The number of thiocarbonyl (C=S) groups is 1. The van der Waals surface area contributed by atoms with E-state index in [9.17, 15) is 0 Å². The molecule has 1 unspecified atom stereocenters. The van der Waals surface area contributed by atoms with Crippen LogP contribution in [0.2, 0.25) is 0 Å². The lowest BCUT2D eigenvalue weighted by Gasteiger charge is -2.08. The smallest absolute Gasteiger partial charge is 0.166 e. The van der Waals surface area contributed by atoms with Gasteiger partial charge in [0.05, 0.1) is 0 Å². The molecule has 1 heterocycles. The third-order valence-corrected chi connectivity index (χ3v) is 2.71. The Balaban J connectivity index is 1.97. The van der Waals surface area contributed by atoms with Crippen LogP contribution < -0.4 is 10.6 Å². The number of nitrogens with one attached hydrogen (secondary N) is 2. The summed E-state index contributed by atoms with van der Waals surface area (Å²) < 4.78 is 0. The van der Waals surface area contributed by atoms with Crippen LogP contribution >= 0.6 is 12.2 Å². The van der Waals surface area contributed by atoms with Gasteiger partial charge >= 0.3 is 0 Å². The Morgan fingerprint density at radius 1 is 1.36 bits per heavy atom. The first-order valence-electron chi connectivity index (χ1n) is 4.84. The highest BCUT2D eigenvalue weighted by molar-refractivity contribution is 7.80. The molecule has 1 fully saturated rings. The zero-order chi connectivity index (χ0) is 9.97. The van der Waals surface area contributed by atoms with Gasteiger partial charge in [-0.1, -0.05) is 29.8 Å². The molecule has 2 N–H and O–H groups in total. The molecule has 1 aliphatic rings. The highest BCUT2D eigenvalue weighted by Gasteiger charge is 2.16. The van der Waals surface area contributed by atoms with E-state index in [1.807, 2.05) is 0 Å². The zero-order valence-electron chi connectivity index (χ0n) is 8.21. The van der Waals surface area contributed by atoms with Crippen molar-refractivity contribution < 1.29 is 0 Å². The number of hydrogen-bond donors (Lipinski definition) is 2. The lowest BCUT2D eigenvalue weighted by Crippen LogP contribution is -2.28. The van der Waals surface area contributed by atoms with Gasteiger partial charge in [-0.25, -0.2) is 0 Å². The van der Waals surface area contributed by atoms with Crippen LogP contribution in [0.3, 0.4) is 0 Å². The molecule has 3 heteroatoms. The normalized spacial score (nSPS) is 20.4. The molecule has 0 amide bonds. The van der Waals surface area contributed by atoms with Crippen LogP contribution in [0, 0.1) is 6.92 Å². The van der Waals surface area contributed by atoms with Crippen LogP contribution in [-0.2, 0) is 6.42 Å². The van der Waals surface area contributed by atoms with Gasteiger partial charge in [0, 0.05) is 12.6 Å². The summed E-state index contributed by atoms with van der Waals surface area (Å²) in [5, 5.41) is 7.14. The molecule has 0 spiro atoms. The Kier molecular flexibility index (Phi) is 2.68. The standard InChI is InChI=1S/C11H14N2S/c1-8-2-4-9(5-3-8)6-10-7-12-11(14)13-10/h2-5,10H,6-7H2,1H3,(H2,12,13,14). The molecule has 1 aromatic carbocycles. The van der Waals surface area contributed by atoms with Gasteiger partial charge in [-0.15, -0.1) is 0 Å². The number of hydrogen-bond acceptors (Lipinski definition) is 1. The minimum atomic E-state index is 0.449. The SMILES string of the molecule is Cc1ccc(CC2CNC(=S)N2)cc1. The Morgan fingerprint density at radius 2 is 2.07 bits per heavy atom. The second-order valence-electron chi connectivity index (χ2n) is 3.74. The Morgan fingerprint density at radius 3 is 2.64 bits per heavy atom. The van der Waals surface area contributed by atoms with Crippen LogP contribution in [-0.4, -0.2) is 17.7 Å². The van der Waals surface area contributed by atoms with Gasteiger partial charge in [0.2, 0.25) is 0 Å². The van der Waals surface area contributed by atoms with E-state index in [4.69, 9.17) is 12.2 Å². The van der Waals surface area contributed by atoms with Crippen molar-refractivity contribution in [2.45, 2.75) is 19.4 Å². The molecule has 0 saturated carbocycles. The second kappa shape index (κ2) is 3.96. The maximum absolute atomic E-state index is 5.01. The molecular formula is C11H14N2S. The van der Waals surface area contributed by atoms with Crippen LogP contribution in [0.25, 0.3) is 0 Å². The highest BCUT2D eigenvalue weighted by Crippen LogP contribution is 2.07. The van der Waals surface area contributed by atoms with E-state index in [2.05, 4.69) is 41.8 Å². The maximum Gasteiger partial charge on any atom is 0.166 e. The van der Waals surface area contributed by atoms with Gasteiger partial charge in [-0.05, 0) is 31.1 Å². The first-order valence-corrected chi connectivity index (χ1v) is 5.25. The molecule has 0 bridgehead atoms. The van der Waals surface area contributed by atoms with E-state index in [1.54, 1.807) is 0 Å². The van der Waals surface area contributed by atoms with E-state index in [0.717, 1.165) is 18.1 Å². The predicted molar refractivity (Wildman–Crippen MR) is 62.4 cm³/mol. The first-order chi connectivity index (χ1) is 6.74. The van der Waals surface area contributed by atoms with Gasteiger partial charge in [0.15, 0.2) is 5.11 Å². The minimum Gasteiger partial charge on any atom is -0.361 e. The topological polar surface area (TPSA) is 24.1 Å². The maximum atomic E-state index is 5.01. The highest BCUT2D eigenvalue weighted by atomic mass is 32.1. The predicted octanol–water partition coefficient (Wildman–Crippen LogP) is 1.38. The fourth-order valence-corrected chi connectivity index (χ4v) is 1.89. The van der Waals surface area contributed by atoms with Crippen molar-refractivity contribution in [3.63, 3.8) is 0 Å². The average Bonchev–Trinajstić information content (AvgIpc) is 2.56. The van der Waals surface area contributed by atoms with Crippen LogP contribution in [0.15, 0.2) is 24.3 Å². The average molecular weight is 206 g/mol. The molecule has 1 atom stereocenters. The molecular weight excluding hydrogens is 192 g/mol. The summed E-state index contributed by atoms with van der Waals surface area (Å²) in [5.74, 6) is 0. The summed E-state index contributed by atoms with van der Waals surface area (Å²) in [6.07, 6.45) is 1.04. The Labute approximate surface area is 89.7 Å². The van der Waals surface area contributed by atoms with Crippen molar-refractivity contribution in [1.29, 1.82) is 0 Å². The molecule has 2 nitrogen and oxygen atoms in total. The Bertz CT molecular complexity index is 332. The summed E-state index contributed by atoms with van der Waals surface area (Å²) in [4.78, 5) is 0. The largest absolute Gasteiger partial charge is 0.361 e. The van der Waals surface area contributed by atoms with Crippen molar-refractivity contribution in [2.24, 2.45) is 0 Å². The van der Waals surface area contributed by atoms with Gasteiger partial charge in [-0.2, -0.15) is 0 Å². The summed E-state index contributed by atoms with van der Waals surface area (Å²) >= 11 is 5.01. The first kappa shape index (κ1) is 9.46. The minimum absolute atomic E-state index is 0.449. The van der Waals surface area contributed by atoms with E-state index >= 15 is 0 Å². The van der Waals surface area contributed by atoms with Crippen molar-refractivity contribution in [3.05, 3.63) is 35.4 Å². The van der Waals surface area contributed by atoms with E-state index in [-0.39, 0.29) is 0 Å². The molecule has 14 heavy (non-hydrogen) atoms. The Hall–Kier alpha value is -1.09. The van der Waals surface area contributed by atoms with Crippen molar-refractivity contribution >= 4 is 17.3 Å². The van der Waals surface area contributed by atoms with Crippen LogP contribution in [0.5, 0.6) is 0 Å². The molecule has 74 valence electrons. The third kappa shape index (κ3) is 2.23. The summed E-state index contributed by atoms with van der Waals surface area (Å²) in [5.41, 5.74) is 2.67. The van der Waals surface area contributed by atoms with Gasteiger partial charge in [0.25, 0.3) is 0 Å². The molecule has 1 aromatic rings. The summed E-state index contributed by atoms with van der Waals surface area (Å²) in [6.45, 7) is 3.04. The number of benzene rings is 1. The van der Waals surface area contributed by atoms with Crippen LogP contribution in [0.4, 0.5) is 0 Å². The fourth-order valence-electron chi connectivity index (χ4n) is 1.64. The van der Waals surface area contributed by atoms with Gasteiger partial charge in [-0.3, -0.25) is 0 Å². The van der Waals surface area contributed by atoms with E-state index < -0.39 is 0 Å². The molecule has 0 aromatic heterocycles.